The van der Waals surface area contributed by atoms with Gasteiger partial charge >= 0.3 is 11.7 Å². The Kier molecular flexibility index (Phi) is 22.4. The molecule has 1 unspecified atom stereocenters. The number of non-ortho nitro benzene ring substituents is 1. The summed E-state index contributed by atoms with van der Waals surface area (Å²) in [7, 11) is 0. The third-order valence-electron chi connectivity index (χ3n) is 9.38. The van der Waals surface area contributed by atoms with Crippen molar-refractivity contribution in [3.05, 3.63) is 34.4 Å². The molecule has 1 heterocycles. The fraction of sp³-hybridized carbons (Fsp3) is 0.737. The Morgan fingerprint density at radius 1 is 0.880 bits per heavy atom. The number of nitrogens with two attached hydrogens (primary N) is 1. The van der Waals surface area contributed by atoms with Crippen LogP contribution in [0.4, 0.5) is 11.4 Å². The highest BCUT2D eigenvalue weighted by molar-refractivity contribution is 5.93. The normalized spacial score (nSPS) is 13.4. The van der Waals surface area contributed by atoms with Crippen LogP contribution in [0.5, 0.6) is 0 Å². The molecule has 0 aliphatic rings. The number of esters is 1. The Labute approximate surface area is 298 Å². The van der Waals surface area contributed by atoms with E-state index in [0.717, 1.165) is 83.5 Å². The van der Waals surface area contributed by atoms with Crippen LogP contribution in [-0.4, -0.2) is 51.0 Å². The maximum Gasteiger partial charge on any atom is 0.306 e. The molecule has 0 bridgehead atoms. The van der Waals surface area contributed by atoms with Crippen LogP contribution in [0.1, 0.15) is 155 Å². The minimum atomic E-state index is -0.947. The number of aliphatic hydroxyl groups is 1. The van der Waals surface area contributed by atoms with Crippen LogP contribution in [0.3, 0.4) is 0 Å². The van der Waals surface area contributed by atoms with Crippen LogP contribution in [0.25, 0.3) is 11.0 Å². The molecule has 282 valence electrons. The molecule has 12 heteroatoms. The van der Waals surface area contributed by atoms with Crippen molar-refractivity contribution in [2.45, 2.75) is 167 Å². The van der Waals surface area contributed by atoms with E-state index in [1.165, 1.54) is 51.0 Å². The first-order chi connectivity index (χ1) is 24.3. The van der Waals surface area contributed by atoms with E-state index in [-0.39, 0.29) is 23.7 Å². The van der Waals surface area contributed by atoms with Crippen LogP contribution in [0.15, 0.2) is 28.9 Å². The number of nitro groups is 1. The van der Waals surface area contributed by atoms with Crippen LogP contribution in [0, 0.1) is 16.0 Å². The van der Waals surface area contributed by atoms with E-state index < -0.39 is 28.8 Å². The second-order valence-electron chi connectivity index (χ2n) is 13.5. The molecule has 1 aromatic carbocycles. The minimum Gasteiger partial charge on any atom is -0.466 e. The largest absolute Gasteiger partial charge is 0.466 e. The van der Waals surface area contributed by atoms with Gasteiger partial charge in [-0.2, -0.15) is 0 Å². The lowest BCUT2D eigenvalue weighted by Crippen LogP contribution is -2.35. The molecule has 0 aliphatic carbocycles. The van der Waals surface area contributed by atoms with Gasteiger partial charge in [-0.15, -0.1) is 0 Å². The number of unbranched alkanes of at least 4 members (excludes halogenated alkanes) is 15. The molecular weight excluding hydrogens is 638 g/mol. The molecule has 0 saturated carbocycles. The van der Waals surface area contributed by atoms with E-state index in [1.807, 2.05) is 0 Å². The highest BCUT2D eigenvalue weighted by Crippen LogP contribution is 2.30. The molecule has 12 nitrogen and oxygen atoms in total. The molecule has 0 fully saturated rings. The summed E-state index contributed by atoms with van der Waals surface area (Å²) in [6, 6.07) is 3.30. The standard InChI is InChI=1S/C38H63N5O7/c1-3-5-6-7-8-9-10-11-14-17-20-23-28-49-35(45)29-31(38(39)46)34(44)25-22-19-16-13-12-15-18-21-24-30(4-2)40-32-26-27-33(43(47)48)37-36(32)41-50-42-37/h14,17,26-27,30-31,34,40,44H,3-13,15-16,18-25,28-29H2,1-2H3,(H2,39,46)/b17-14+/t30?,31-,34+/m0/s1. The van der Waals surface area contributed by atoms with Crippen LogP contribution in [-0.2, 0) is 14.3 Å². The summed E-state index contributed by atoms with van der Waals surface area (Å²) >= 11 is 0. The van der Waals surface area contributed by atoms with Gasteiger partial charge in [-0.3, -0.25) is 19.7 Å². The number of nitrogens with zero attached hydrogens (tertiary/aromatic N) is 3. The summed E-state index contributed by atoms with van der Waals surface area (Å²) in [5.74, 6) is -2.08. The van der Waals surface area contributed by atoms with Gasteiger partial charge < -0.3 is 20.9 Å². The van der Waals surface area contributed by atoms with Crippen molar-refractivity contribution in [3.63, 3.8) is 0 Å². The summed E-state index contributed by atoms with van der Waals surface area (Å²) in [5, 5.41) is 32.8. The summed E-state index contributed by atoms with van der Waals surface area (Å²) in [6.07, 6.45) is 25.6. The van der Waals surface area contributed by atoms with Crippen molar-refractivity contribution in [1.82, 2.24) is 10.3 Å². The number of anilines is 1. The first-order valence-corrected chi connectivity index (χ1v) is 19.2. The van der Waals surface area contributed by atoms with Crippen LogP contribution >= 0.6 is 0 Å². The monoisotopic (exact) mass is 701 g/mol. The third-order valence-corrected chi connectivity index (χ3v) is 9.38. The molecule has 4 N–H and O–H groups in total. The molecule has 0 spiro atoms. The van der Waals surface area contributed by atoms with E-state index in [0.29, 0.717) is 24.2 Å². The van der Waals surface area contributed by atoms with Gasteiger partial charge in [0.2, 0.25) is 11.4 Å². The molecule has 0 radical (unpaired) electrons. The predicted octanol–water partition coefficient (Wildman–Crippen LogP) is 9.10. The molecular formula is C38H63N5O7. The summed E-state index contributed by atoms with van der Waals surface area (Å²) < 4.78 is 10.1. The van der Waals surface area contributed by atoms with Crippen LogP contribution in [0.2, 0.25) is 0 Å². The zero-order valence-corrected chi connectivity index (χ0v) is 30.6. The zero-order chi connectivity index (χ0) is 36.4. The highest BCUT2D eigenvalue weighted by Gasteiger charge is 2.28. The average molecular weight is 702 g/mol. The van der Waals surface area contributed by atoms with Gasteiger partial charge in [0.25, 0.3) is 0 Å². The molecule has 2 rings (SSSR count). The number of primary amides is 1. The van der Waals surface area contributed by atoms with E-state index >= 15 is 0 Å². The van der Waals surface area contributed by atoms with Gasteiger partial charge in [0.05, 0.1) is 35.7 Å². The second kappa shape index (κ2) is 26.3. The fourth-order valence-corrected chi connectivity index (χ4v) is 6.23. The smallest absolute Gasteiger partial charge is 0.306 e. The number of hydrogen-bond donors (Lipinski definition) is 3. The van der Waals surface area contributed by atoms with Crippen molar-refractivity contribution in [3.8, 4) is 0 Å². The van der Waals surface area contributed by atoms with Crippen molar-refractivity contribution in [2.75, 3.05) is 11.9 Å². The Hall–Kier alpha value is -3.54. The first kappa shape index (κ1) is 42.6. The number of nitrogens with one attached hydrogen (secondary N) is 1. The summed E-state index contributed by atoms with van der Waals surface area (Å²) in [4.78, 5) is 35.0. The van der Waals surface area contributed by atoms with Gasteiger partial charge in [-0.1, -0.05) is 116 Å². The van der Waals surface area contributed by atoms with Crippen molar-refractivity contribution < 1.29 is 29.0 Å². The number of amides is 1. The number of rotatable bonds is 31. The van der Waals surface area contributed by atoms with Crippen LogP contribution < -0.4 is 11.1 Å². The van der Waals surface area contributed by atoms with Gasteiger partial charge in [0.1, 0.15) is 0 Å². The number of ether oxygens (including phenoxy) is 1. The Morgan fingerprint density at radius 3 is 2.08 bits per heavy atom. The van der Waals surface area contributed by atoms with Gasteiger partial charge in [-0.25, -0.2) is 4.63 Å². The molecule has 3 atom stereocenters. The maximum absolute atomic E-state index is 12.3. The molecule has 0 saturated heterocycles. The lowest BCUT2D eigenvalue weighted by Gasteiger charge is -2.19. The number of aliphatic hydroxyl groups excluding tert-OH is 1. The number of fused-ring (bicyclic) bond motifs is 1. The van der Waals surface area contributed by atoms with Crippen molar-refractivity contribution in [1.29, 1.82) is 0 Å². The topological polar surface area (TPSA) is 184 Å². The fourth-order valence-electron chi connectivity index (χ4n) is 6.23. The zero-order valence-electron chi connectivity index (χ0n) is 30.6. The number of nitro benzene ring substituents is 1. The quantitative estimate of drug-likeness (QED) is 0.0225. The number of hydrogen-bond acceptors (Lipinski definition) is 10. The number of benzene rings is 1. The SMILES string of the molecule is CCCCCCCCC/C=C/CCCOC(=O)C[C@H](C(N)=O)[C@H](O)CCCCCCCCCCC(CC)Nc1ccc([N+](=O)[O-])c2nonc12. The summed E-state index contributed by atoms with van der Waals surface area (Å²) in [5.41, 5.74) is 6.60. The Morgan fingerprint density at radius 2 is 1.46 bits per heavy atom. The maximum atomic E-state index is 12.3. The van der Waals surface area contributed by atoms with Gasteiger partial charge in [-0.05, 0) is 61.3 Å². The first-order valence-electron chi connectivity index (χ1n) is 19.2. The number of carbonyl (C=O) groups is 2. The average Bonchev–Trinajstić information content (AvgIpc) is 3.59. The molecule has 1 amide bonds. The highest BCUT2D eigenvalue weighted by atomic mass is 16.6. The lowest BCUT2D eigenvalue weighted by atomic mass is 9.93. The Bertz CT molecular complexity index is 1270. The van der Waals surface area contributed by atoms with E-state index in [1.54, 1.807) is 6.07 Å². The number of carbonyl (C=O) groups excluding carboxylic acids is 2. The second-order valence-corrected chi connectivity index (χ2v) is 13.5. The molecule has 0 aliphatic heterocycles. The third kappa shape index (κ3) is 17.4. The van der Waals surface area contributed by atoms with Crippen molar-refractivity contribution >= 4 is 34.3 Å². The molecule has 50 heavy (non-hydrogen) atoms. The number of allylic oxidation sites excluding steroid dienone is 2. The van der Waals surface area contributed by atoms with Gasteiger partial charge in [0.15, 0.2) is 5.52 Å². The minimum absolute atomic E-state index is 0.124. The predicted molar refractivity (Wildman–Crippen MR) is 198 cm³/mol. The molecule has 2 aromatic rings. The van der Waals surface area contributed by atoms with E-state index in [4.69, 9.17) is 15.1 Å². The summed E-state index contributed by atoms with van der Waals surface area (Å²) in [6.45, 7) is 4.64. The van der Waals surface area contributed by atoms with E-state index in [2.05, 4.69) is 41.6 Å². The lowest BCUT2D eigenvalue weighted by molar-refractivity contribution is -0.383. The van der Waals surface area contributed by atoms with E-state index in [9.17, 15) is 24.8 Å². The Balaban J connectivity index is 1.50. The van der Waals surface area contributed by atoms with Crippen molar-refractivity contribution in [2.24, 2.45) is 11.7 Å². The van der Waals surface area contributed by atoms with Gasteiger partial charge in [0, 0.05) is 12.1 Å². The number of aromatic nitrogens is 2. The molecule has 1 aromatic heterocycles.